The average molecular weight is 180 g/mol. The lowest BCUT2D eigenvalue weighted by molar-refractivity contribution is 1.02. The zero-order chi connectivity index (χ0) is 8.97. The van der Waals surface area contributed by atoms with E-state index in [1.54, 1.807) is 0 Å². The molecule has 0 aliphatic heterocycles. The highest BCUT2D eigenvalue weighted by atomic mass is 35.5. The van der Waals surface area contributed by atoms with Crippen molar-refractivity contribution < 1.29 is 0 Å². The SMILES string of the molecule is Cc1ccc(CC(Cl)C#N)cc1. The van der Waals surface area contributed by atoms with Crippen molar-refractivity contribution in [3.63, 3.8) is 0 Å². The van der Waals surface area contributed by atoms with E-state index in [2.05, 4.69) is 0 Å². The van der Waals surface area contributed by atoms with Crippen LogP contribution in [0.4, 0.5) is 0 Å². The predicted molar refractivity (Wildman–Crippen MR) is 50.1 cm³/mol. The second kappa shape index (κ2) is 4.13. The predicted octanol–water partition coefficient (Wildman–Crippen LogP) is 2.67. The standard InChI is InChI=1S/C10H10ClN/c1-8-2-4-9(5-3-8)6-10(11)7-12/h2-5,10H,6H2,1H3. The van der Waals surface area contributed by atoms with E-state index in [1.807, 2.05) is 37.3 Å². The van der Waals surface area contributed by atoms with Crippen LogP contribution >= 0.6 is 11.6 Å². The number of nitriles is 1. The van der Waals surface area contributed by atoms with Gasteiger partial charge in [0.25, 0.3) is 0 Å². The Morgan fingerprint density at radius 2 is 2.00 bits per heavy atom. The van der Waals surface area contributed by atoms with Crippen molar-refractivity contribution in [1.29, 1.82) is 5.26 Å². The fourth-order valence-corrected chi connectivity index (χ4v) is 1.15. The van der Waals surface area contributed by atoms with Gasteiger partial charge in [-0.1, -0.05) is 29.8 Å². The summed E-state index contributed by atoms with van der Waals surface area (Å²) in [5.41, 5.74) is 2.34. The van der Waals surface area contributed by atoms with Gasteiger partial charge in [0.05, 0.1) is 6.07 Å². The van der Waals surface area contributed by atoms with Gasteiger partial charge in [-0.2, -0.15) is 5.26 Å². The Labute approximate surface area is 77.6 Å². The molecule has 0 saturated heterocycles. The summed E-state index contributed by atoms with van der Waals surface area (Å²) in [6.07, 6.45) is 0.623. The van der Waals surface area contributed by atoms with Crippen molar-refractivity contribution >= 4 is 11.6 Å². The summed E-state index contributed by atoms with van der Waals surface area (Å²) >= 11 is 5.68. The zero-order valence-corrected chi connectivity index (χ0v) is 7.67. The third-order valence-corrected chi connectivity index (χ3v) is 1.93. The maximum atomic E-state index is 8.47. The normalized spacial score (nSPS) is 12.1. The first-order chi connectivity index (χ1) is 5.72. The third-order valence-electron chi connectivity index (χ3n) is 1.68. The summed E-state index contributed by atoms with van der Waals surface area (Å²) in [7, 11) is 0. The second-order valence-electron chi connectivity index (χ2n) is 2.79. The Morgan fingerprint density at radius 3 is 2.50 bits per heavy atom. The largest absolute Gasteiger partial charge is 0.197 e. The quantitative estimate of drug-likeness (QED) is 0.641. The molecule has 1 rings (SSSR count). The lowest BCUT2D eigenvalue weighted by Crippen LogP contribution is -1.98. The molecule has 12 heavy (non-hydrogen) atoms. The third kappa shape index (κ3) is 2.56. The minimum atomic E-state index is -0.410. The molecular formula is C10H10ClN. The number of benzene rings is 1. The van der Waals surface area contributed by atoms with Crippen LogP contribution in [0, 0.1) is 18.3 Å². The van der Waals surface area contributed by atoms with Crippen molar-refractivity contribution in [3.8, 4) is 6.07 Å². The van der Waals surface area contributed by atoms with Crippen molar-refractivity contribution in [2.75, 3.05) is 0 Å². The van der Waals surface area contributed by atoms with Crippen molar-refractivity contribution in [2.45, 2.75) is 18.7 Å². The van der Waals surface area contributed by atoms with Crippen LogP contribution in [-0.2, 0) is 6.42 Å². The molecule has 0 heterocycles. The van der Waals surface area contributed by atoms with Crippen LogP contribution in [0.3, 0.4) is 0 Å². The summed E-state index contributed by atoms with van der Waals surface area (Å²) in [5, 5.41) is 8.06. The molecule has 0 amide bonds. The highest BCUT2D eigenvalue weighted by Gasteiger charge is 2.02. The van der Waals surface area contributed by atoms with Crippen LogP contribution in [0.2, 0.25) is 0 Å². The van der Waals surface area contributed by atoms with E-state index < -0.39 is 5.38 Å². The number of hydrogen-bond acceptors (Lipinski definition) is 1. The molecule has 0 radical (unpaired) electrons. The van der Waals surface area contributed by atoms with Gasteiger partial charge in [-0.15, -0.1) is 11.6 Å². The van der Waals surface area contributed by atoms with E-state index in [1.165, 1.54) is 5.56 Å². The Hall–Kier alpha value is -1.00. The van der Waals surface area contributed by atoms with Gasteiger partial charge >= 0.3 is 0 Å². The first-order valence-electron chi connectivity index (χ1n) is 3.81. The Morgan fingerprint density at radius 1 is 1.42 bits per heavy atom. The molecule has 0 bridgehead atoms. The van der Waals surface area contributed by atoms with Crippen LogP contribution < -0.4 is 0 Å². The van der Waals surface area contributed by atoms with E-state index in [4.69, 9.17) is 16.9 Å². The number of rotatable bonds is 2. The number of alkyl halides is 1. The molecule has 1 aromatic rings. The van der Waals surface area contributed by atoms with Gasteiger partial charge in [0, 0.05) is 6.42 Å². The van der Waals surface area contributed by atoms with Gasteiger partial charge < -0.3 is 0 Å². The van der Waals surface area contributed by atoms with Crippen LogP contribution in [0.1, 0.15) is 11.1 Å². The van der Waals surface area contributed by atoms with E-state index in [0.717, 1.165) is 5.56 Å². The first kappa shape index (κ1) is 9.09. The lowest BCUT2D eigenvalue weighted by atomic mass is 10.1. The summed E-state index contributed by atoms with van der Waals surface area (Å²) in [5.74, 6) is 0. The van der Waals surface area contributed by atoms with E-state index >= 15 is 0 Å². The fraction of sp³-hybridized carbons (Fsp3) is 0.300. The molecule has 1 unspecified atom stereocenters. The molecule has 0 aliphatic rings. The van der Waals surface area contributed by atoms with E-state index in [9.17, 15) is 0 Å². The summed E-state index contributed by atoms with van der Waals surface area (Å²) in [4.78, 5) is 0. The molecule has 62 valence electrons. The molecule has 1 aromatic carbocycles. The molecule has 1 nitrogen and oxygen atoms in total. The summed E-state index contributed by atoms with van der Waals surface area (Å²) in [6, 6.07) is 10.0. The van der Waals surface area contributed by atoms with Crippen molar-refractivity contribution in [2.24, 2.45) is 0 Å². The monoisotopic (exact) mass is 179 g/mol. The topological polar surface area (TPSA) is 23.8 Å². The van der Waals surface area contributed by atoms with Gasteiger partial charge in [-0.05, 0) is 12.5 Å². The van der Waals surface area contributed by atoms with Gasteiger partial charge in [0.1, 0.15) is 5.38 Å². The number of aryl methyl sites for hydroxylation is 1. The molecular weight excluding hydrogens is 170 g/mol. The molecule has 0 saturated carbocycles. The van der Waals surface area contributed by atoms with Crippen LogP contribution in [0.15, 0.2) is 24.3 Å². The minimum Gasteiger partial charge on any atom is -0.197 e. The number of nitrogens with zero attached hydrogens (tertiary/aromatic N) is 1. The van der Waals surface area contributed by atoms with Gasteiger partial charge in [-0.3, -0.25) is 0 Å². The van der Waals surface area contributed by atoms with E-state index in [-0.39, 0.29) is 0 Å². The molecule has 1 atom stereocenters. The van der Waals surface area contributed by atoms with E-state index in [0.29, 0.717) is 6.42 Å². The maximum absolute atomic E-state index is 8.47. The van der Waals surface area contributed by atoms with Gasteiger partial charge in [0.15, 0.2) is 0 Å². The number of hydrogen-bond donors (Lipinski definition) is 0. The smallest absolute Gasteiger partial charge is 0.124 e. The molecule has 0 aliphatic carbocycles. The molecule has 2 heteroatoms. The van der Waals surface area contributed by atoms with Crippen LogP contribution in [-0.4, -0.2) is 5.38 Å². The highest BCUT2D eigenvalue weighted by molar-refractivity contribution is 6.22. The zero-order valence-electron chi connectivity index (χ0n) is 6.92. The Bertz CT molecular complexity index is 284. The lowest BCUT2D eigenvalue weighted by Gasteiger charge is -2.00. The van der Waals surface area contributed by atoms with Gasteiger partial charge in [-0.25, -0.2) is 0 Å². The average Bonchev–Trinajstić information content (AvgIpc) is 2.09. The summed E-state index contributed by atoms with van der Waals surface area (Å²) in [6.45, 7) is 2.03. The first-order valence-corrected chi connectivity index (χ1v) is 4.25. The molecule has 0 N–H and O–H groups in total. The second-order valence-corrected chi connectivity index (χ2v) is 3.31. The molecule has 0 aromatic heterocycles. The highest BCUT2D eigenvalue weighted by Crippen LogP contribution is 2.08. The Kier molecular flexibility index (Phi) is 3.13. The van der Waals surface area contributed by atoms with Crippen LogP contribution in [0.5, 0.6) is 0 Å². The fourth-order valence-electron chi connectivity index (χ4n) is 0.977. The van der Waals surface area contributed by atoms with Gasteiger partial charge in [0.2, 0.25) is 0 Å². The summed E-state index contributed by atoms with van der Waals surface area (Å²) < 4.78 is 0. The molecule has 0 spiro atoms. The minimum absolute atomic E-state index is 0.410. The van der Waals surface area contributed by atoms with Crippen LogP contribution in [0.25, 0.3) is 0 Å². The number of halogens is 1. The van der Waals surface area contributed by atoms with Crippen molar-refractivity contribution in [1.82, 2.24) is 0 Å². The Balaban J connectivity index is 2.66. The maximum Gasteiger partial charge on any atom is 0.124 e. The molecule has 0 fully saturated rings. The van der Waals surface area contributed by atoms with Crippen molar-refractivity contribution in [3.05, 3.63) is 35.4 Å².